The van der Waals surface area contributed by atoms with Crippen LogP contribution in [-0.2, 0) is 22.7 Å². The summed E-state index contributed by atoms with van der Waals surface area (Å²) >= 11 is 0. The lowest BCUT2D eigenvalue weighted by atomic mass is 10.0. The fraction of sp³-hybridized carbons (Fsp3) is 0.312. The lowest BCUT2D eigenvalue weighted by molar-refractivity contribution is -0.119. The summed E-state index contributed by atoms with van der Waals surface area (Å²) in [5, 5.41) is 0. The van der Waals surface area contributed by atoms with Crippen LogP contribution in [0.25, 0.3) is 6.08 Å². The molecule has 0 amide bonds. The van der Waals surface area contributed by atoms with Crippen LogP contribution in [-0.4, -0.2) is 17.9 Å². The molecule has 4 rings (SSSR count). The van der Waals surface area contributed by atoms with E-state index in [-0.39, 0.29) is 11.9 Å². The number of Topliss-reactive ketones (excluding diaryl/α,β-unsaturated/α-hetero) is 1. The molecule has 0 aliphatic carbocycles. The molecule has 0 saturated heterocycles. The highest BCUT2D eigenvalue weighted by Crippen LogP contribution is 2.33. The van der Waals surface area contributed by atoms with Crippen LogP contribution in [0.5, 0.6) is 11.5 Å². The molecule has 1 heterocycles. The Hall–Kier alpha value is -3.86. The van der Waals surface area contributed by atoms with E-state index in [1.54, 1.807) is 6.07 Å². The van der Waals surface area contributed by atoms with E-state index in [1.807, 2.05) is 85.8 Å². The smallest absolute Gasteiger partial charge is 0.342 e. The van der Waals surface area contributed by atoms with Gasteiger partial charge in [0.05, 0.1) is 6.10 Å². The number of carbonyl (C=O) groups is 2. The number of hydrogen-bond donors (Lipinski definition) is 0. The minimum absolute atomic E-state index is 0.262. The maximum atomic E-state index is 13.4. The second kappa shape index (κ2) is 13.4. The van der Waals surface area contributed by atoms with Crippen LogP contribution in [0.1, 0.15) is 72.5 Å². The highest BCUT2D eigenvalue weighted by Gasteiger charge is 2.23. The van der Waals surface area contributed by atoms with Gasteiger partial charge in [-0.05, 0) is 55.4 Å². The summed E-state index contributed by atoms with van der Waals surface area (Å²) in [6.45, 7) is 2.57. The van der Waals surface area contributed by atoms with Crippen LogP contribution in [0.2, 0.25) is 0 Å². The molecule has 3 aromatic rings. The molecule has 0 spiro atoms. The van der Waals surface area contributed by atoms with Gasteiger partial charge in [0, 0.05) is 18.9 Å². The van der Waals surface area contributed by atoms with Crippen molar-refractivity contribution < 1.29 is 23.8 Å². The number of hydrogen-bond acceptors (Lipinski definition) is 5. The minimum Gasteiger partial charge on any atom is -0.489 e. The fourth-order valence-electron chi connectivity index (χ4n) is 4.27. The van der Waals surface area contributed by atoms with Gasteiger partial charge >= 0.3 is 5.97 Å². The van der Waals surface area contributed by atoms with Gasteiger partial charge in [-0.3, -0.25) is 4.79 Å². The Balaban J connectivity index is 1.68. The second-order valence-corrected chi connectivity index (χ2v) is 9.38. The van der Waals surface area contributed by atoms with Gasteiger partial charge in [0.1, 0.15) is 36.1 Å². The summed E-state index contributed by atoms with van der Waals surface area (Å²) in [4.78, 5) is 25.6. The Morgan fingerprint density at radius 3 is 2.19 bits per heavy atom. The number of rotatable bonds is 6. The van der Waals surface area contributed by atoms with Gasteiger partial charge in [0.25, 0.3) is 0 Å². The molecule has 0 fully saturated rings. The van der Waals surface area contributed by atoms with Gasteiger partial charge in [-0.25, -0.2) is 4.79 Å². The molecule has 3 aromatic carbocycles. The number of ketones is 1. The summed E-state index contributed by atoms with van der Waals surface area (Å²) in [5.74, 6) is 0.854. The van der Waals surface area contributed by atoms with Crippen LogP contribution in [0.15, 0.2) is 78.9 Å². The van der Waals surface area contributed by atoms with E-state index in [4.69, 9.17) is 14.2 Å². The van der Waals surface area contributed by atoms with Crippen molar-refractivity contribution in [3.63, 3.8) is 0 Å². The maximum absolute atomic E-state index is 13.4. The zero-order chi connectivity index (χ0) is 25.9. The fourth-order valence-corrected chi connectivity index (χ4v) is 4.27. The second-order valence-electron chi connectivity index (χ2n) is 9.38. The zero-order valence-electron chi connectivity index (χ0n) is 21.4. The topological polar surface area (TPSA) is 61.8 Å². The summed E-state index contributed by atoms with van der Waals surface area (Å²) < 4.78 is 18.1. The molecule has 0 N–H and O–H groups in total. The number of carbonyl (C=O) groups excluding carboxylic acids is 2. The minimum atomic E-state index is -0.437. The van der Waals surface area contributed by atoms with E-state index < -0.39 is 5.97 Å². The largest absolute Gasteiger partial charge is 0.489 e. The van der Waals surface area contributed by atoms with Crippen molar-refractivity contribution in [1.29, 1.82) is 0 Å². The number of fused-ring (bicyclic) bond motifs is 1. The molecule has 0 aromatic heterocycles. The standard InChI is InChI=1S/C32H34O5/c1-24-12-11-19-28(33)18-10-4-9-17-27-20-29(35-22-25-13-5-2-6-14-25)21-30(31(27)32(34)37-24)36-23-26-15-7-3-8-16-26/h2-3,5-9,13-17,20-21,24H,4,10-12,18-19,22-23H2,1H3/b17-9+/t24-/m0/s1. The number of allylic oxidation sites excluding steroid dienone is 1. The average molecular weight is 499 g/mol. The Bertz CT molecular complexity index is 1200. The van der Waals surface area contributed by atoms with Gasteiger partial charge in [0.15, 0.2) is 0 Å². The third-order valence-electron chi connectivity index (χ3n) is 6.29. The van der Waals surface area contributed by atoms with E-state index in [0.717, 1.165) is 24.0 Å². The van der Waals surface area contributed by atoms with E-state index in [2.05, 4.69) is 0 Å². The Labute approximate surface area is 219 Å². The molecule has 1 atom stereocenters. The van der Waals surface area contributed by atoms with Crippen molar-refractivity contribution in [2.24, 2.45) is 0 Å². The van der Waals surface area contributed by atoms with Crippen molar-refractivity contribution in [2.45, 2.75) is 64.8 Å². The molecule has 0 unspecified atom stereocenters. The van der Waals surface area contributed by atoms with Crippen LogP contribution < -0.4 is 9.47 Å². The molecule has 5 heteroatoms. The number of ether oxygens (including phenoxy) is 3. The predicted octanol–water partition coefficient (Wildman–Crippen LogP) is 7.33. The Morgan fingerprint density at radius 1 is 0.838 bits per heavy atom. The summed E-state index contributed by atoms with van der Waals surface area (Å²) in [7, 11) is 0. The maximum Gasteiger partial charge on any atom is 0.342 e. The quantitative estimate of drug-likeness (QED) is 0.333. The zero-order valence-corrected chi connectivity index (χ0v) is 21.4. The lowest BCUT2D eigenvalue weighted by Crippen LogP contribution is -2.18. The predicted molar refractivity (Wildman–Crippen MR) is 145 cm³/mol. The molecule has 0 bridgehead atoms. The molecule has 192 valence electrons. The van der Waals surface area contributed by atoms with Crippen LogP contribution >= 0.6 is 0 Å². The van der Waals surface area contributed by atoms with Crippen molar-refractivity contribution in [1.82, 2.24) is 0 Å². The van der Waals surface area contributed by atoms with E-state index in [1.165, 1.54) is 0 Å². The number of cyclic esters (lactones) is 1. The third kappa shape index (κ3) is 8.07. The Morgan fingerprint density at radius 2 is 1.49 bits per heavy atom. The van der Waals surface area contributed by atoms with Crippen molar-refractivity contribution in [3.05, 3.63) is 101 Å². The van der Waals surface area contributed by atoms with Crippen LogP contribution in [0, 0.1) is 0 Å². The molecule has 37 heavy (non-hydrogen) atoms. The van der Waals surface area contributed by atoms with Gasteiger partial charge in [-0.2, -0.15) is 0 Å². The summed E-state index contributed by atoms with van der Waals surface area (Å²) in [5.41, 5.74) is 3.10. The normalized spacial score (nSPS) is 17.7. The molecular formula is C32H34O5. The number of esters is 1. The van der Waals surface area contributed by atoms with E-state index >= 15 is 0 Å². The molecule has 1 aliphatic heterocycles. The first-order chi connectivity index (χ1) is 18.1. The van der Waals surface area contributed by atoms with Crippen molar-refractivity contribution >= 4 is 17.8 Å². The molecule has 1 aliphatic rings. The van der Waals surface area contributed by atoms with Gasteiger partial charge in [-0.1, -0.05) is 72.8 Å². The lowest BCUT2D eigenvalue weighted by Gasteiger charge is -2.19. The van der Waals surface area contributed by atoms with Crippen molar-refractivity contribution in [3.8, 4) is 11.5 Å². The summed E-state index contributed by atoms with van der Waals surface area (Å²) in [6, 6.07) is 23.4. The first-order valence-electron chi connectivity index (χ1n) is 13.0. The third-order valence-corrected chi connectivity index (χ3v) is 6.29. The average Bonchev–Trinajstić information content (AvgIpc) is 2.91. The molecule has 0 saturated carbocycles. The highest BCUT2D eigenvalue weighted by atomic mass is 16.5. The number of benzene rings is 3. The SMILES string of the molecule is C[C@H]1CCCC(=O)CCC/C=C/c2cc(OCc3ccccc3)cc(OCc3ccccc3)c2C(=O)O1. The molecule has 5 nitrogen and oxygen atoms in total. The Kier molecular flexibility index (Phi) is 9.53. The molecular weight excluding hydrogens is 464 g/mol. The van der Waals surface area contributed by atoms with Crippen LogP contribution in [0.4, 0.5) is 0 Å². The first-order valence-corrected chi connectivity index (χ1v) is 13.0. The van der Waals surface area contributed by atoms with Crippen LogP contribution in [0.3, 0.4) is 0 Å². The monoisotopic (exact) mass is 498 g/mol. The van der Waals surface area contributed by atoms with Crippen molar-refractivity contribution in [2.75, 3.05) is 0 Å². The van der Waals surface area contributed by atoms with E-state index in [0.29, 0.717) is 61.5 Å². The van der Waals surface area contributed by atoms with Gasteiger partial charge < -0.3 is 14.2 Å². The van der Waals surface area contributed by atoms with E-state index in [9.17, 15) is 9.59 Å². The summed E-state index contributed by atoms with van der Waals surface area (Å²) in [6.07, 6.45) is 7.56. The highest BCUT2D eigenvalue weighted by molar-refractivity contribution is 5.97. The van der Waals surface area contributed by atoms with Gasteiger partial charge in [-0.15, -0.1) is 0 Å². The molecule has 0 radical (unpaired) electrons. The van der Waals surface area contributed by atoms with Gasteiger partial charge in [0.2, 0.25) is 0 Å². The first kappa shape index (κ1) is 26.2.